The van der Waals surface area contributed by atoms with Gasteiger partial charge in [0.05, 0.1) is 25.9 Å². The summed E-state index contributed by atoms with van der Waals surface area (Å²) >= 11 is 0. The minimum atomic E-state index is -0.622. The molecule has 1 fully saturated rings. The highest BCUT2D eigenvalue weighted by atomic mass is 16.6. The normalized spacial score (nSPS) is 36.5. The van der Waals surface area contributed by atoms with Crippen LogP contribution in [0.4, 0.5) is 0 Å². The third-order valence-electron chi connectivity index (χ3n) is 2.64. The molecule has 1 aliphatic heterocycles. The molecule has 0 radical (unpaired) electrons. The average Bonchev–Trinajstić information content (AvgIpc) is 2.22. The topological polar surface area (TPSA) is 47.9 Å². The highest BCUT2D eigenvalue weighted by Crippen LogP contribution is 2.22. The smallest absolute Gasteiger partial charge is 0.109 e. The Labute approximate surface area is 90.8 Å². The van der Waals surface area contributed by atoms with Gasteiger partial charge in [0.2, 0.25) is 0 Å². The fourth-order valence-electron chi connectivity index (χ4n) is 1.80. The number of aliphatic hydroxyl groups is 1. The van der Waals surface area contributed by atoms with Crippen molar-refractivity contribution in [1.82, 2.24) is 0 Å². The first kappa shape index (κ1) is 12.6. The summed E-state index contributed by atoms with van der Waals surface area (Å²) in [5, 5.41) is 9.94. The Morgan fingerprint density at radius 3 is 2.93 bits per heavy atom. The van der Waals surface area contributed by atoms with Crippen molar-refractivity contribution in [1.29, 1.82) is 0 Å². The molecular formula is C11H20O4. The summed E-state index contributed by atoms with van der Waals surface area (Å²) in [6.07, 6.45) is 0.580. The van der Waals surface area contributed by atoms with Crippen molar-refractivity contribution in [2.24, 2.45) is 5.92 Å². The third-order valence-corrected chi connectivity index (χ3v) is 2.64. The third kappa shape index (κ3) is 3.28. The molecule has 15 heavy (non-hydrogen) atoms. The van der Waals surface area contributed by atoms with Gasteiger partial charge in [-0.05, 0) is 0 Å². The van der Waals surface area contributed by atoms with Gasteiger partial charge in [0.15, 0.2) is 0 Å². The molecule has 1 rings (SSSR count). The maximum Gasteiger partial charge on any atom is 0.109 e. The van der Waals surface area contributed by atoms with Crippen LogP contribution in [-0.2, 0) is 14.2 Å². The molecule has 0 spiro atoms. The standard InChI is InChI=1S/C11H20O4/c1-4-5-14-7-9-10(12)11(13-3)8(2)6-15-9/h4,8-12H,1,5-7H2,2-3H3/t8-,9+,10+,11+/m0/s1. The molecule has 0 aliphatic carbocycles. The van der Waals surface area contributed by atoms with E-state index in [1.165, 1.54) is 0 Å². The molecule has 0 amide bonds. The van der Waals surface area contributed by atoms with Crippen LogP contribution >= 0.6 is 0 Å². The molecule has 0 bridgehead atoms. The summed E-state index contributed by atoms with van der Waals surface area (Å²) in [5.74, 6) is 0.209. The fourth-order valence-corrected chi connectivity index (χ4v) is 1.80. The molecule has 0 aromatic heterocycles. The summed E-state index contributed by atoms with van der Waals surface area (Å²) in [7, 11) is 1.61. The Balaban J connectivity index is 2.41. The van der Waals surface area contributed by atoms with Crippen LogP contribution in [0.5, 0.6) is 0 Å². The first-order valence-corrected chi connectivity index (χ1v) is 5.21. The monoisotopic (exact) mass is 216 g/mol. The number of rotatable bonds is 5. The molecule has 1 N–H and O–H groups in total. The Morgan fingerprint density at radius 1 is 1.60 bits per heavy atom. The molecule has 1 aliphatic rings. The van der Waals surface area contributed by atoms with Crippen LogP contribution in [0.3, 0.4) is 0 Å². The first-order chi connectivity index (χ1) is 7.20. The minimum Gasteiger partial charge on any atom is -0.388 e. The maximum atomic E-state index is 9.94. The number of ether oxygens (including phenoxy) is 3. The van der Waals surface area contributed by atoms with Gasteiger partial charge in [-0.15, -0.1) is 6.58 Å². The van der Waals surface area contributed by atoms with Gasteiger partial charge in [-0.25, -0.2) is 0 Å². The van der Waals surface area contributed by atoms with E-state index in [0.717, 1.165) is 0 Å². The summed E-state index contributed by atoms with van der Waals surface area (Å²) in [5.41, 5.74) is 0. The van der Waals surface area contributed by atoms with E-state index < -0.39 is 6.10 Å². The van der Waals surface area contributed by atoms with Crippen molar-refractivity contribution in [2.45, 2.75) is 25.2 Å². The Kier molecular flexibility index (Phi) is 5.25. The zero-order valence-corrected chi connectivity index (χ0v) is 9.39. The van der Waals surface area contributed by atoms with E-state index in [0.29, 0.717) is 19.8 Å². The van der Waals surface area contributed by atoms with Gasteiger partial charge >= 0.3 is 0 Å². The van der Waals surface area contributed by atoms with Crippen molar-refractivity contribution < 1.29 is 19.3 Å². The van der Waals surface area contributed by atoms with Crippen molar-refractivity contribution in [3.05, 3.63) is 12.7 Å². The van der Waals surface area contributed by atoms with E-state index in [-0.39, 0.29) is 18.1 Å². The number of methoxy groups -OCH3 is 1. The molecule has 1 heterocycles. The molecule has 4 atom stereocenters. The zero-order valence-electron chi connectivity index (χ0n) is 9.39. The average molecular weight is 216 g/mol. The number of hydrogen-bond acceptors (Lipinski definition) is 4. The van der Waals surface area contributed by atoms with Crippen LogP contribution in [0.15, 0.2) is 12.7 Å². The van der Waals surface area contributed by atoms with Crippen LogP contribution in [0.2, 0.25) is 0 Å². The quantitative estimate of drug-likeness (QED) is 0.540. The summed E-state index contributed by atoms with van der Waals surface area (Å²) in [6.45, 7) is 6.99. The molecule has 88 valence electrons. The van der Waals surface area contributed by atoms with E-state index >= 15 is 0 Å². The highest BCUT2D eigenvalue weighted by molar-refractivity contribution is 4.86. The van der Waals surface area contributed by atoms with Gasteiger partial charge in [0.1, 0.15) is 12.2 Å². The van der Waals surface area contributed by atoms with E-state index in [1.54, 1.807) is 13.2 Å². The lowest BCUT2D eigenvalue weighted by Crippen LogP contribution is -2.51. The predicted molar refractivity (Wildman–Crippen MR) is 56.7 cm³/mol. The van der Waals surface area contributed by atoms with Crippen molar-refractivity contribution in [2.75, 3.05) is 26.9 Å². The second-order valence-electron chi connectivity index (χ2n) is 3.87. The highest BCUT2D eigenvalue weighted by Gasteiger charge is 2.37. The molecule has 4 heteroatoms. The molecule has 4 nitrogen and oxygen atoms in total. The Morgan fingerprint density at radius 2 is 2.33 bits per heavy atom. The Hall–Kier alpha value is -0.420. The van der Waals surface area contributed by atoms with Crippen molar-refractivity contribution >= 4 is 0 Å². The van der Waals surface area contributed by atoms with Gasteiger partial charge in [0, 0.05) is 13.0 Å². The lowest BCUT2D eigenvalue weighted by atomic mass is 9.94. The largest absolute Gasteiger partial charge is 0.388 e. The first-order valence-electron chi connectivity index (χ1n) is 5.21. The lowest BCUT2D eigenvalue weighted by molar-refractivity contribution is -0.184. The van der Waals surface area contributed by atoms with Crippen LogP contribution in [0.25, 0.3) is 0 Å². The van der Waals surface area contributed by atoms with E-state index in [2.05, 4.69) is 6.58 Å². The van der Waals surface area contributed by atoms with Crippen LogP contribution in [0.1, 0.15) is 6.92 Å². The van der Waals surface area contributed by atoms with Gasteiger partial charge in [-0.3, -0.25) is 0 Å². The van der Waals surface area contributed by atoms with E-state index in [4.69, 9.17) is 14.2 Å². The maximum absolute atomic E-state index is 9.94. The molecular weight excluding hydrogens is 196 g/mol. The fraction of sp³-hybridized carbons (Fsp3) is 0.818. The van der Waals surface area contributed by atoms with Gasteiger partial charge in [-0.1, -0.05) is 13.0 Å². The summed E-state index contributed by atoms with van der Waals surface area (Å²) < 4.78 is 16.0. The van der Waals surface area contributed by atoms with Gasteiger partial charge in [0.25, 0.3) is 0 Å². The zero-order chi connectivity index (χ0) is 11.3. The molecule has 1 saturated heterocycles. The van der Waals surface area contributed by atoms with Crippen LogP contribution < -0.4 is 0 Å². The molecule has 0 saturated carbocycles. The minimum absolute atomic E-state index is 0.170. The second-order valence-corrected chi connectivity index (χ2v) is 3.87. The number of hydrogen-bond donors (Lipinski definition) is 1. The number of aliphatic hydroxyl groups excluding tert-OH is 1. The molecule has 0 aromatic carbocycles. The van der Waals surface area contributed by atoms with E-state index in [1.807, 2.05) is 6.92 Å². The summed E-state index contributed by atoms with van der Waals surface area (Å²) in [6, 6.07) is 0. The predicted octanol–water partition coefficient (Wildman–Crippen LogP) is 0.600. The summed E-state index contributed by atoms with van der Waals surface area (Å²) in [4.78, 5) is 0. The second kappa shape index (κ2) is 6.23. The molecule has 0 aromatic rings. The van der Waals surface area contributed by atoms with Crippen molar-refractivity contribution in [3.63, 3.8) is 0 Å². The Bertz CT molecular complexity index is 195. The van der Waals surface area contributed by atoms with E-state index in [9.17, 15) is 5.11 Å². The van der Waals surface area contributed by atoms with Crippen LogP contribution in [0, 0.1) is 5.92 Å². The van der Waals surface area contributed by atoms with Crippen LogP contribution in [-0.4, -0.2) is 50.3 Å². The SMILES string of the molecule is C=CCOC[C@H]1OC[C@H](C)[C@@H](OC)[C@@H]1O. The van der Waals surface area contributed by atoms with Crippen molar-refractivity contribution in [3.8, 4) is 0 Å². The lowest BCUT2D eigenvalue weighted by Gasteiger charge is -2.37. The van der Waals surface area contributed by atoms with Gasteiger partial charge in [-0.2, -0.15) is 0 Å². The molecule has 0 unspecified atom stereocenters. The van der Waals surface area contributed by atoms with Gasteiger partial charge < -0.3 is 19.3 Å².